The van der Waals surface area contributed by atoms with Crippen LogP contribution in [0.15, 0.2) is 0 Å². The minimum Gasteiger partial charge on any atom is -0.462 e. The molecule has 17 nitrogen and oxygen atoms in total. The zero-order chi connectivity index (χ0) is 74.9. The van der Waals surface area contributed by atoms with Gasteiger partial charge in [0.2, 0.25) is 0 Å². The fourth-order valence-corrected chi connectivity index (χ4v) is 14.4. The van der Waals surface area contributed by atoms with Gasteiger partial charge >= 0.3 is 39.5 Å². The molecule has 6 atom stereocenters. The van der Waals surface area contributed by atoms with E-state index in [0.717, 1.165) is 102 Å². The molecule has 0 spiro atoms. The molecule has 0 aromatic heterocycles. The number of phosphoric ester groups is 2. The second-order valence-corrected chi connectivity index (χ2v) is 33.5. The highest BCUT2D eigenvalue weighted by atomic mass is 31.2. The van der Waals surface area contributed by atoms with E-state index in [4.69, 9.17) is 37.0 Å². The number of carbonyl (C=O) groups is 4. The standard InChI is InChI=1S/C83H162O17P2/c1-7-10-12-14-16-18-20-36-43-49-55-61-67-82(87)99-78(71-93-80(85)65-59-53-47-41-19-17-15-13-11-8-2)73-97-101(89,90)95-69-77(84)70-96-102(91,92)98-74-79(72-94-81(86)66-60-54-48-42-37-32-29-25-26-30-34-39-45-51-57-63-75(4)5)100-83(88)68-62-56-50-44-38-33-28-24-22-21-23-27-31-35-40-46-52-58-64-76(6)9-3/h75-79,84H,7-74H2,1-6H3,(H,89,90)(H,91,92)/t76?,77-,78+,79+/m0/s1. The molecule has 0 fully saturated rings. The Labute approximate surface area is 626 Å². The number of rotatable bonds is 82. The van der Waals surface area contributed by atoms with Gasteiger partial charge in [0, 0.05) is 25.7 Å². The van der Waals surface area contributed by atoms with Crippen molar-refractivity contribution in [1.29, 1.82) is 0 Å². The van der Waals surface area contributed by atoms with E-state index in [2.05, 4.69) is 41.5 Å². The van der Waals surface area contributed by atoms with Gasteiger partial charge in [0.25, 0.3) is 0 Å². The summed E-state index contributed by atoms with van der Waals surface area (Å²) < 4.78 is 68.7. The monoisotopic (exact) mass is 1490 g/mol. The van der Waals surface area contributed by atoms with E-state index >= 15 is 0 Å². The largest absolute Gasteiger partial charge is 0.472 e. The van der Waals surface area contributed by atoms with Gasteiger partial charge in [0.15, 0.2) is 12.2 Å². The lowest BCUT2D eigenvalue weighted by molar-refractivity contribution is -0.161. The molecular formula is C83H162O17P2. The first kappa shape index (κ1) is 100. The van der Waals surface area contributed by atoms with Crippen molar-refractivity contribution in [3.8, 4) is 0 Å². The number of aliphatic hydroxyl groups excluding tert-OH is 1. The Hall–Kier alpha value is -1.94. The number of hydrogen-bond acceptors (Lipinski definition) is 15. The Balaban J connectivity index is 5.20. The maximum atomic E-state index is 13.1. The van der Waals surface area contributed by atoms with Gasteiger partial charge in [-0.1, -0.05) is 388 Å². The molecule has 0 aliphatic rings. The topological polar surface area (TPSA) is 237 Å². The van der Waals surface area contributed by atoms with Crippen LogP contribution in [-0.4, -0.2) is 96.7 Å². The third-order valence-electron chi connectivity index (χ3n) is 19.8. The highest BCUT2D eigenvalue weighted by Gasteiger charge is 2.30. The van der Waals surface area contributed by atoms with Crippen molar-refractivity contribution < 1.29 is 80.2 Å². The Bertz CT molecular complexity index is 1960. The van der Waals surface area contributed by atoms with Gasteiger partial charge < -0.3 is 33.8 Å². The van der Waals surface area contributed by atoms with Crippen molar-refractivity contribution in [2.24, 2.45) is 11.8 Å². The summed E-state index contributed by atoms with van der Waals surface area (Å²) in [6.07, 6.45) is 65.2. The summed E-state index contributed by atoms with van der Waals surface area (Å²) in [6.45, 7) is 9.73. The average molecular weight is 1490 g/mol. The summed E-state index contributed by atoms with van der Waals surface area (Å²) in [5.74, 6) is -0.428. The maximum Gasteiger partial charge on any atom is 0.472 e. The van der Waals surface area contributed by atoms with Gasteiger partial charge in [-0.05, 0) is 37.5 Å². The molecule has 0 rings (SSSR count). The molecular weight excluding hydrogens is 1330 g/mol. The van der Waals surface area contributed by atoms with Crippen LogP contribution in [0.5, 0.6) is 0 Å². The average Bonchev–Trinajstić information content (AvgIpc) is 0.911. The first-order valence-corrected chi connectivity index (χ1v) is 46.0. The van der Waals surface area contributed by atoms with Gasteiger partial charge in [0.1, 0.15) is 19.3 Å². The van der Waals surface area contributed by atoms with Crippen LogP contribution >= 0.6 is 15.6 Å². The first-order valence-electron chi connectivity index (χ1n) is 43.0. The molecule has 0 amide bonds. The van der Waals surface area contributed by atoms with Gasteiger partial charge in [-0.25, -0.2) is 9.13 Å². The van der Waals surface area contributed by atoms with Crippen LogP contribution in [0, 0.1) is 11.8 Å². The Morgan fingerprint density at radius 1 is 0.284 bits per heavy atom. The molecule has 0 aromatic carbocycles. The summed E-state index contributed by atoms with van der Waals surface area (Å²) in [6, 6.07) is 0. The molecule has 102 heavy (non-hydrogen) atoms. The molecule has 0 aliphatic carbocycles. The summed E-state index contributed by atoms with van der Waals surface area (Å²) >= 11 is 0. The zero-order valence-corrected chi connectivity index (χ0v) is 68.7. The molecule has 0 aliphatic heterocycles. The van der Waals surface area contributed by atoms with Crippen LogP contribution in [0.1, 0.15) is 440 Å². The highest BCUT2D eigenvalue weighted by molar-refractivity contribution is 7.47. The number of ether oxygens (including phenoxy) is 4. The fourth-order valence-electron chi connectivity index (χ4n) is 12.9. The Morgan fingerprint density at radius 2 is 0.500 bits per heavy atom. The van der Waals surface area contributed by atoms with E-state index in [1.54, 1.807) is 0 Å². The molecule has 0 saturated heterocycles. The van der Waals surface area contributed by atoms with Crippen molar-refractivity contribution >= 4 is 39.5 Å². The normalized spacial score (nSPS) is 14.1. The predicted octanol–water partition coefficient (Wildman–Crippen LogP) is 25.1. The van der Waals surface area contributed by atoms with E-state index in [-0.39, 0.29) is 25.7 Å². The smallest absolute Gasteiger partial charge is 0.462 e. The van der Waals surface area contributed by atoms with Crippen molar-refractivity contribution in [1.82, 2.24) is 0 Å². The van der Waals surface area contributed by atoms with E-state index in [9.17, 15) is 43.2 Å². The quantitative estimate of drug-likeness (QED) is 0.0222. The highest BCUT2D eigenvalue weighted by Crippen LogP contribution is 2.45. The molecule has 3 unspecified atom stereocenters. The van der Waals surface area contributed by atoms with Crippen LogP contribution in [0.2, 0.25) is 0 Å². The second kappa shape index (κ2) is 74.5. The molecule has 0 radical (unpaired) electrons. The number of esters is 4. The minimum absolute atomic E-state index is 0.108. The fraction of sp³-hybridized carbons (Fsp3) is 0.952. The SMILES string of the molecule is CCCCCCCCCCCCCCC(=O)O[C@H](COC(=O)CCCCCCCCCCCC)COP(=O)(O)OC[C@H](O)COP(=O)(O)OC[C@@H](COC(=O)CCCCCCCCCCCCCCCCCC(C)C)OC(=O)CCCCCCCCCCCCCCCCCCCCC(C)CC. The summed E-state index contributed by atoms with van der Waals surface area (Å²) in [4.78, 5) is 73.0. The van der Waals surface area contributed by atoms with Crippen molar-refractivity contribution in [2.45, 2.75) is 458 Å². The van der Waals surface area contributed by atoms with E-state index < -0.39 is 97.5 Å². The number of hydrogen-bond donors (Lipinski definition) is 3. The van der Waals surface area contributed by atoms with Crippen LogP contribution in [0.4, 0.5) is 0 Å². The summed E-state index contributed by atoms with van der Waals surface area (Å²) in [7, 11) is -9.92. The van der Waals surface area contributed by atoms with E-state index in [0.29, 0.717) is 25.7 Å². The number of aliphatic hydroxyl groups is 1. The predicted molar refractivity (Wildman–Crippen MR) is 418 cm³/mol. The third-order valence-corrected chi connectivity index (χ3v) is 21.7. The van der Waals surface area contributed by atoms with Crippen molar-refractivity contribution in [3.63, 3.8) is 0 Å². The van der Waals surface area contributed by atoms with E-state index in [1.165, 1.54) is 257 Å². The number of carbonyl (C=O) groups excluding carboxylic acids is 4. The molecule has 19 heteroatoms. The van der Waals surface area contributed by atoms with Gasteiger partial charge in [-0.3, -0.25) is 37.3 Å². The third kappa shape index (κ3) is 74.9. The van der Waals surface area contributed by atoms with Crippen molar-refractivity contribution in [2.75, 3.05) is 39.6 Å². The molecule has 606 valence electrons. The molecule has 0 saturated carbocycles. The summed E-state index contributed by atoms with van der Waals surface area (Å²) in [5, 5.41) is 10.6. The number of unbranched alkanes of at least 4 members (excludes halogenated alkanes) is 51. The lowest BCUT2D eigenvalue weighted by Gasteiger charge is -2.21. The van der Waals surface area contributed by atoms with Crippen LogP contribution < -0.4 is 0 Å². The lowest BCUT2D eigenvalue weighted by Crippen LogP contribution is -2.30. The Morgan fingerprint density at radius 3 is 0.745 bits per heavy atom. The van der Waals surface area contributed by atoms with Crippen LogP contribution in [-0.2, 0) is 65.4 Å². The second-order valence-electron chi connectivity index (χ2n) is 30.6. The van der Waals surface area contributed by atoms with Gasteiger partial charge in [-0.15, -0.1) is 0 Å². The minimum atomic E-state index is -4.96. The molecule has 0 heterocycles. The Kier molecular flexibility index (Phi) is 73.1. The first-order chi connectivity index (χ1) is 49.4. The number of phosphoric acid groups is 2. The molecule has 3 N–H and O–H groups in total. The van der Waals surface area contributed by atoms with Crippen molar-refractivity contribution in [3.05, 3.63) is 0 Å². The van der Waals surface area contributed by atoms with Crippen LogP contribution in [0.3, 0.4) is 0 Å². The van der Waals surface area contributed by atoms with Gasteiger partial charge in [-0.2, -0.15) is 0 Å². The lowest BCUT2D eigenvalue weighted by atomic mass is 9.99. The maximum absolute atomic E-state index is 13.1. The summed E-state index contributed by atoms with van der Waals surface area (Å²) in [5.41, 5.74) is 0. The zero-order valence-electron chi connectivity index (χ0n) is 66.9. The molecule has 0 aromatic rings. The van der Waals surface area contributed by atoms with E-state index in [1.807, 2.05) is 0 Å². The van der Waals surface area contributed by atoms with Gasteiger partial charge in [0.05, 0.1) is 26.4 Å². The van der Waals surface area contributed by atoms with Crippen LogP contribution in [0.25, 0.3) is 0 Å². The molecule has 0 bridgehead atoms.